The van der Waals surface area contributed by atoms with E-state index in [4.69, 9.17) is 9.84 Å². The largest absolute Gasteiger partial charge is 0.396 e. The Morgan fingerprint density at radius 2 is 1.83 bits per heavy atom. The summed E-state index contributed by atoms with van der Waals surface area (Å²) in [4.78, 5) is 0. The molecule has 94 valence electrons. The molecule has 0 amide bonds. The van der Waals surface area contributed by atoms with Crippen LogP contribution in [0.15, 0.2) is 42.5 Å². The van der Waals surface area contributed by atoms with Crippen LogP contribution in [0.2, 0.25) is 0 Å². The Labute approximate surface area is 107 Å². The van der Waals surface area contributed by atoms with Crippen molar-refractivity contribution in [3.63, 3.8) is 0 Å². The number of aliphatic hydroxyl groups is 1. The van der Waals surface area contributed by atoms with Gasteiger partial charge in [0.2, 0.25) is 0 Å². The topological polar surface area (TPSA) is 29.5 Å². The summed E-state index contributed by atoms with van der Waals surface area (Å²) < 4.78 is 5.42. The molecule has 1 heterocycles. The predicted molar refractivity (Wildman–Crippen MR) is 72.8 cm³/mol. The second-order valence-corrected chi connectivity index (χ2v) is 5.16. The Morgan fingerprint density at radius 1 is 1.06 bits per heavy atom. The quantitative estimate of drug-likeness (QED) is 0.893. The fraction of sp³-hybridized carbons (Fsp3) is 0.375. The van der Waals surface area contributed by atoms with E-state index in [0.717, 1.165) is 26.1 Å². The first kappa shape index (κ1) is 11.7. The Hall–Kier alpha value is -1.38. The molecule has 0 aromatic heterocycles. The molecule has 0 radical (unpaired) electrons. The fourth-order valence-electron chi connectivity index (χ4n) is 2.74. The zero-order valence-corrected chi connectivity index (χ0v) is 10.4. The molecule has 1 saturated heterocycles. The van der Waals surface area contributed by atoms with Gasteiger partial charge in [0.1, 0.15) is 0 Å². The highest BCUT2D eigenvalue weighted by atomic mass is 16.5. The van der Waals surface area contributed by atoms with Crippen molar-refractivity contribution in [2.24, 2.45) is 0 Å². The molecular formula is C16H18O2. The lowest BCUT2D eigenvalue weighted by Crippen LogP contribution is -2.46. The maximum atomic E-state index is 9.03. The minimum atomic E-state index is 0.132. The van der Waals surface area contributed by atoms with Crippen LogP contribution in [0.1, 0.15) is 18.4 Å². The van der Waals surface area contributed by atoms with E-state index in [-0.39, 0.29) is 12.0 Å². The molecular weight excluding hydrogens is 224 g/mol. The van der Waals surface area contributed by atoms with Crippen LogP contribution in [0.4, 0.5) is 0 Å². The van der Waals surface area contributed by atoms with Crippen LogP contribution in [-0.4, -0.2) is 24.9 Å². The third-order valence-electron chi connectivity index (χ3n) is 3.93. The summed E-state index contributed by atoms with van der Waals surface area (Å²) in [6, 6.07) is 15.1. The highest BCUT2D eigenvalue weighted by Gasteiger charge is 2.39. The molecule has 18 heavy (non-hydrogen) atoms. The van der Waals surface area contributed by atoms with Crippen molar-refractivity contribution in [3.8, 4) is 0 Å². The van der Waals surface area contributed by atoms with Crippen molar-refractivity contribution in [1.29, 1.82) is 0 Å². The Balaban J connectivity index is 1.97. The first-order chi connectivity index (χ1) is 8.84. The van der Waals surface area contributed by atoms with Crippen LogP contribution in [0.25, 0.3) is 10.8 Å². The minimum Gasteiger partial charge on any atom is -0.396 e. The smallest absolute Gasteiger partial charge is 0.0585 e. The van der Waals surface area contributed by atoms with Crippen LogP contribution in [-0.2, 0) is 10.2 Å². The van der Waals surface area contributed by atoms with Crippen molar-refractivity contribution in [1.82, 2.24) is 0 Å². The number of aliphatic hydroxyl groups excluding tert-OH is 1. The van der Waals surface area contributed by atoms with Crippen LogP contribution in [0.3, 0.4) is 0 Å². The van der Waals surface area contributed by atoms with Gasteiger partial charge in [0.05, 0.1) is 13.2 Å². The van der Waals surface area contributed by atoms with Crippen molar-refractivity contribution in [2.45, 2.75) is 18.3 Å². The molecule has 0 aliphatic carbocycles. The highest BCUT2D eigenvalue weighted by Crippen LogP contribution is 2.37. The van der Waals surface area contributed by atoms with Gasteiger partial charge in [0, 0.05) is 12.0 Å². The summed E-state index contributed by atoms with van der Waals surface area (Å²) in [5, 5.41) is 11.6. The molecule has 2 aromatic carbocycles. The first-order valence-electron chi connectivity index (χ1n) is 6.52. The number of ether oxygens (including phenoxy) is 1. The average molecular weight is 242 g/mol. The van der Waals surface area contributed by atoms with Gasteiger partial charge >= 0.3 is 0 Å². The molecule has 0 spiro atoms. The second kappa shape index (κ2) is 4.71. The molecule has 2 heteroatoms. The molecule has 2 nitrogen and oxygen atoms in total. The summed E-state index contributed by atoms with van der Waals surface area (Å²) in [7, 11) is 0. The van der Waals surface area contributed by atoms with Gasteiger partial charge in [0.15, 0.2) is 0 Å². The van der Waals surface area contributed by atoms with Crippen molar-refractivity contribution in [2.75, 3.05) is 19.8 Å². The Morgan fingerprint density at radius 3 is 2.50 bits per heavy atom. The number of hydrogen-bond acceptors (Lipinski definition) is 2. The zero-order valence-electron chi connectivity index (χ0n) is 10.4. The van der Waals surface area contributed by atoms with E-state index in [1.807, 2.05) is 0 Å². The zero-order chi connectivity index (χ0) is 12.4. The minimum absolute atomic E-state index is 0.132. The summed E-state index contributed by atoms with van der Waals surface area (Å²) >= 11 is 0. The molecule has 0 atom stereocenters. The molecule has 1 aliphatic rings. The van der Waals surface area contributed by atoms with Crippen molar-refractivity contribution in [3.05, 3.63) is 48.0 Å². The number of hydrogen-bond donors (Lipinski definition) is 1. The number of rotatable bonds is 4. The van der Waals surface area contributed by atoms with E-state index in [1.165, 1.54) is 16.3 Å². The monoisotopic (exact) mass is 242 g/mol. The third-order valence-corrected chi connectivity index (χ3v) is 3.93. The van der Waals surface area contributed by atoms with E-state index in [9.17, 15) is 0 Å². The molecule has 1 fully saturated rings. The maximum absolute atomic E-state index is 9.03. The highest BCUT2D eigenvalue weighted by molar-refractivity contribution is 5.83. The molecule has 0 saturated carbocycles. The van der Waals surface area contributed by atoms with E-state index in [1.54, 1.807) is 0 Å². The van der Waals surface area contributed by atoms with Gasteiger partial charge in [-0.3, -0.25) is 0 Å². The normalized spacial score (nSPS) is 17.6. The summed E-state index contributed by atoms with van der Waals surface area (Å²) in [5.41, 5.74) is 1.48. The van der Waals surface area contributed by atoms with Crippen LogP contribution >= 0.6 is 0 Å². The number of benzene rings is 2. The van der Waals surface area contributed by atoms with E-state index in [2.05, 4.69) is 42.5 Å². The van der Waals surface area contributed by atoms with Gasteiger partial charge in [-0.15, -0.1) is 0 Å². The van der Waals surface area contributed by atoms with Crippen LogP contribution in [0.5, 0.6) is 0 Å². The molecule has 2 aromatic rings. The molecule has 1 aliphatic heterocycles. The lowest BCUT2D eigenvalue weighted by Gasteiger charge is -2.42. The average Bonchev–Trinajstić information content (AvgIpc) is 2.37. The van der Waals surface area contributed by atoms with Crippen molar-refractivity contribution >= 4 is 10.8 Å². The summed E-state index contributed by atoms with van der Waals surface area (Å²) in [6.45, 7) is 1.83. The van der Waals surface area contributed by atoms with Crippen molar-refractivity contribution < 1.29 is 9.84 Å². The van der Waals surface area contributed by atoms with E-state index in [0.29, 0.717) is 0 Å². The number of fused-ring (bicyclic) bond motifs is 1. The fourth-order valence-corrected chi connectivity index (χ4v) is 2.74. The Kier molecular flexibility index (Phi) is 3.06. The second-order valence-electron chi connectivity index (χ2n) is 5.16. The lowest BCUT2D eigenvalue weighted by atomic mass is 9.74. The molecule has 3 rings (SSSR count). The van der Waals surface area contributed by atoms with Gasteiger partial charge in [0.25, 0.3) is 0 Å². The standard InChI is InChI=1S/C16H18O2/c17-9-3-8-16(11-18-12-16)15-7-6-13-4-1-2-5-14(13)10-15/h1-2,4-7,10,17H,3,8-9,11-12H2. The van der Waals surface area contributed by atoms with Crippen LogP contribution in [0, 0.1) is 0 Å². The van der Waals surface area contributed by atoms with Gasteiger partial charge in [-0.1, -0.05) is 42.5 Å². The molecule has 1 N–H and O–H groups in total. The summed E-state index contributed by atoms with van der Waals surface area (Å²) in [5.74, 6) is 0. The first-order valence-corrected chi connectivity index (χ1v) is 6.52. The molecule has 0 bridgehead atoms. The predicted octanol–water partition coefficient (Wildman–Crippen LogP) is 2.88. The van der Waals surface area contributed by atoms with Gasteiger partial charge < -0.3 is 9.84 Å². The third kappa shape index (κ3) is 1.92. The van der Waals surface area contributed by atoms with Gasteiger partial charge in [-0.05, 0) is 29.2 Å². The van der Waals surface area contributed by atoms with E-state index < -0.39 is 0 Å². The van der Waals surface area contributed by atoms with Crippen LogP contribution < -0.4 is 0 Å². The van der Waals surface area contributed by atoms with Gasteiger partial charge in [-0.2, -0.15) is 0 Å². The lowest BCUT2D eigenvalue weighted by molar-refractivity contribution is -0.0664. The Bertz CT molecular complexity index is 544. The maximum Gasteiger partial charge on any atom is 0.0585 e. The SMILES string of the molecule is OCCCC1(c2ccc3ccccc3c2)COC1. The van der Waals surface area contributed by atoms with Gasteiger partial charge in [-0.25, -0.2) is 0 Å². The van der Waals surface area contributed by atoms with E-state index >= 15 is 0 Å². The summed E-state index contributed by atoms with van der Waals surface area (Å²) in [6.07, 6.45) is 1.85. The molecule has 0 unspecified atom stereocenters.